The Morgan fingerprint density at radius 1 is 1.64 bits per heavy atom. The molecule has 0 aliphatic heterocycles. The minimum atomic E-state index is -0.498. The van der Waals surface area contributed by atoms with Gasteiger partial charge in [0, 0.05) is 25.5 Å². The fourth-order valence-corrected chi connectivity index (χ4v) is 1.06. The van der Waals surface area contributed by atoms with Crippen molar-refractivity contribution in [3.05, 3.63) is 35.9 Å². The molecule has 5 heteroatoms. The van der Waals surface area contributed by atoms with E-state index in [9.17, 15) is 9.18 Å². The van der Waals surface area contributed by atoms with Gasteiger partial charge >= 0.3 is 0 Å². The third-order valence-electron chi connectivity index (χ3n) is 1.84. The number of halogens is 1. The predicted octanol–water partition coefficient (Wildman–Crippen LogP) is 0.399. The number of carbonyl (C=O) groups excluding carboxylic acids is 1. The van der Waals surface area contributed by atoms with Crippen LogP contribution in [0.25, 0.3) is 0 Å². The lowest BCUT2D eigenvalue weighted by molar-refractivity contribution is 0.100. The van der Waals surface area contributed by atoms with Gasteiger partial charge in [0.2, 0.25) is 5.91 Å². The van der Waals surface area contributed by atoms with E-state index >= 15 is 0 Å². The number of carbonyl (C=O) groups is 1. The Bertz CT molecular complexity index is 357. The number of hydrogen-bond donors (Lipinski definition) is 2. The van der Waals surface area contributed by atoms with E-state index < -0.39 is 5.91 Å². The second kappa shape index (κ2) is 4.57. The zero-order chi connectivity index (χ0) is 10.6. The van der Waals surface area contributed by atoms with Crippen molar-refractivity contribution < 1.29 is 9.18 Å². The number of aromatic nitrogens is 1. The molecule has 0 saturated heterocycles. The van der Waals surface area contributed by atoms with E-state index in [4.69, 9.17) is 11.5 Å². The molecule has 14 heavy (non-hydrogen) atoms. The Hall–Kier alpha value is -1.62. The lowest BCUT2D eigenvalue weighted by Crippen LogP contribution is -2.11. The minimum absolute atomic E-state index is 0.153. The minimum Gasteiger partial charge on any atom is -0.366 e. The number of nitrogens with two attached hydrogens (primary N) is 2. The number of amides is 1. The molecule has 1 heterocycles. The second-order valence-electron chi connectivity index (χ2n) is 2.91. The molecule has 0 atom stereocenters. The summed E-state index contributed by atoms with van der Waals surface area (Å²) in [5, 5.41) is 0. The predicted molar refractivity (Wildman–Crippen MR) is 51.2 cm³/mol. The molecule has 0 saturated carbocycles. The number of primary amides is 1. The Balaban J connectivity index is 2.73. The van der Waals surface area contributed by atoms with Crippen LogP contribution in [-0.2, 0) is 6.54 Å². The molecule has 4 nitrogen and oxygen atoms in total. The number of nitrogens with zero attached hydrogens (tertiary/aromatic N) is 1. The molecule has 0 unspecified atom stereocenters. The Kier molecular flexibility index (Phi) is 3.41. The molecule has 0 radical (unpaired) electrons. The Morgan fingerprint density at radius 2 is 2.36 bits per heavy atom. The Labute approximate surface area is 81.0 Å². The molecule has 0 spiro atoms. The van der Waals surface area contributed by atoms with Gasteiger partial charge in [-0.15, -0.1) is 0 Å². The zero-order valence-electron chi connectivity index (χ0n) is 7.61. The first kappa shape index (κ1) is 10.5. The molecule has 1 aromatic heterocycles. The van der Waals surface area contributed by atoms with Crippen LogP contribution in [0.2, 0.25) is 0 Å². The number of rotatable bonds is 4. The first-order chi connectivity index (χ1) is 6.67. The molecule has 0 fully saturated rings. The molecule has 0 aromatic carbocycles. The van der Waals surface area contributed by atoms with Gasteiger partial charge in [0.05, 0.1) is 11.9 Å². The van der Waals surface area contributed by atoms with Gasteiger partial charge in [0.15, 0.2) is 0 Å². The van der Waals surface area contributed by atoms with Crippen LogP contribution in [0.4, 0.5) is 4.39 Å². The topological polar surface area (TPSA) is 74.0 Å². The molecule has 0 aliphatic rings. The van der Waals surface area contributed by atoms with Crippen molar-refractivity contribution in [2.75, 3.05) is 6.54 Å². The summed E-state index contributed by atoms with van der Waals surface area (Å²) in [6, 6.07) is 1.58. The molecule has 4 N–H and O–H groups in total. The first-order valence-electron chi connectivity index (χ1n) is 4.11. The van der Waals surface area contributed by atoms with Crippen LogP contribution in [0.15, 0.2) is 30.4 Å². The standard InChI is InChI=1S/C9H12FN3O/c10-3-7(4-11)5-13-2-1-8(6-13)9(12)14/h1-3,6H,4-5,11H2,(H2,12,14). The summed E-state index contributed by atoms with van der Waals surface area (Å²) >= 11 is 0. The van der Waals surface area contributed by atoms with Crippen LogP contribution >= 0.6 is 0 Å². The SMILES string of the molecule is NCC(=CF)Cn1ccc(C(N)=O)c1. The van der Waals surface area contributed by atoms with Gasteiger partial charge in [-0.3, -0.25) is 4.79 Å². The highest BCUT2D eigenvalue weighted by atomic mass is 19.1. The monoisotopic (exact) mass is 197 g/mol. The molecule has 1 aromatic rings. The molecule has 1 amide bonds. The van der Waals surface area contributed by atoms with Crippen LogP contribution < -0.4 is 11.5 Å². The quantitative estimate of drug-likeness (QED) is 0.733. The fraction of sp³-hybridized carbons (Fsp3) is 0.222. The average Bonchev–Trinajstić information content (AvgIpc) is 2.62. The summed E-state index contributed by atoms with van der Waals surface area (Å²) in [7, 11) is 0. The van der Waals surface area contributed by atoms with Crippen molar-refractivity contribution in [3.63, 3.8) is 0 Å². The lowest BCUT2D eigenvalue weighted by Gasteiger charge is -2.03. The molecular weight excluding hydrogens is 185 g/mol. The third-order valence-corrected chi connectivity index (χ3v) is 1.84. The normalized spacial score (nSPS) is 11.7. The van der Waals surface area contributed by atoms with E-state index in [0.717, 1.165) is 0 Å². The van der Waals surface area contributed by atoms with E-state index in [1.165, 1.54) is 0 Å². The smallest absolute Gasteiger partial charge is 0.250 e. The molecule has 0 aliphatic carbocycles. The summed E-state index contributed by atoms with van der Waals surface area (Å²) in [5.41, 5.74) is 11.2. The van der Waals surface area contributed by atoms with Gasteiger partial charge in [-0.1, -0.05) is 0 Å². The lowest BCUT2D eigenvalue weighted by atomic mass is 10.3. The van der Waals surface area contributed by atoms with Crippen LogP contribution in [0, 0.1) is 0 Å². The molecule has 0 bridgehead atoms. The van der Waals surface area contributed by atoms with E-state index in [2.05, 4.69) is 0 Å². The Morgan fingerprint density at radius 3 is 2.79 bits per heavy atom. The number of hydrogen-bond acceptors (Lipinski definition) is 2. The van der Waals surface area contributed by atoms with Gasteiger partial charge in [-0.25, -0.2) is 4.39 Å². The van der Waals surface area contributed by atoms with Crippen LogP contribution in [-0.4, -0.2) is 17.0 Å². The highest BCUT2D eigenvalue weighted by Crippen LogP contribution is 2.04. The second-order valence-corrected chi connectivity index (χ2v) is 2.91. The van der Waals surface area contributed by atoms with Crippen LogP contribution in [0.3, 0.4) is 0 Å². The maximum Gasteiger partial charge on any atom is 0.250 e. The average molecular weight is 197 g/mol. The van der Waals surface area contributed by atoms with Crippen molar-refractivity contribution in [1.82, 2.24) is 4.57 Å². The van der Waals surface area contributed by atoms with Crippen molar-refractivity contribution in [1.29, 1.82) is 0 Å². The summed E-state index contributed by atoms with van der Waals surface area (Å²) in [5.74, 6) is -0.498. The zero-order valence-corrected chi connectivity index (χ0v) is 7.61. The van der Waals surface area contributed by atoms with Gasteiger partial charge in [0.25, 0.3) is 0 Å². The van der Waals surface area contributed by atoms with Gasteiger partial charge in [-0.2, -0.15) is 0 Å². The van der Waals surface area contributed by atoms with E-state index in [-0.39, 0.29) is 6.54 Å². The van der Waals surface area contributed by atoms with Gasteiger partial charge < -0.3 is 16.0 Å². The van der Waals surface area contributed by atoms with Gasteiger partial charge in [0.1, 0.15) is 0 Å². The van der Waals surface area contributed by atoms with E-state index in [0.29, 0.717) is 24.0 Å². The summed E-state index contributed by atoms with van der Waals surface area (Å²) in [6.07, 6.45) is 3.69. The van der Waals surface area contributed by atoms with Crippen LogP contribution in [0.1, 0.15) is 10.4 Å². The highest BCUT2D eigenvalue weighted by molar-refractivity contribution is 5.92. The molecular formula is C9H12FN3O. The van der Waals surface area contributed by atoms with E-state index in [1.807, 2.05) is 0 Å². The maximum absolute atomic E-state index is 12.2. The fourth-order valence-electron chi connectivity index (χ4n) is 1.06. The van der Waals surface area contributed by atoms with Crippen molar-refractivity contribution in [2.24, 2.45) is 11.5 Å². The summed E-state index contributed by atoms with van der Waals surface area (Å²) in [4.78, 5) is 10.7. The molecule has 76 valence electrons. The summed E-state index contributed by atoms with van der Waals surface area (Å²) < 4.78 is 13.8. The van der Waals surface area contributed by atoms with E-state index in [1.54, 1.807) is 23.0 Å². The van der Waals surface area contributed by atoms with Crippen molar-refractivity contribution in [3.8, 4) is 0 Å². The van der Waals surface area contributed by atoms with Gasteiger partial charge in [-0.05, 0) is 11.6 Å². The summed E-state index contributed by atoms with van der Waals surface area (Å²) in [6.45, 7) is 0.487. The van der Waals surface area contributed by atoms with Crippen molar-refractivity contribution in [2.45, 2.75) is 6.54 Å². The molecule has 1 rings (SSSR count). The first-order valence-corrected chi connectivity index (χ1v) is 4.11. The third kappa shape index (κ3) is 2.43. The highest BCUT2D eigenvalue weighted by Gasteiger charge is 2.03. The van der Waals surface area contributed by atoms with Crippen LogP contribution in [0.5, 0.6) is 0 Å². The maximum atomic E-state index is 12.2. The van der Waals surface area contributed by atoms with Crippen molar-refractivity contribution >= 4 is 5.91 Å². The largest absolute Gasteiger partial charge is 0.366 e.